The lowest BCUT2D eigenvalue weighted by molar-refractivity contribution is -0.118. The standard InChI is InChI=1S/C27H28ClN3O5/c1-34-22-15-19(16-23(17-22)35-2)27(33)31-13-11-30(12-14-31)21-9-7-20(8-10-21)29-26(32)18-36-25-6-4-3-5-24(25)28/h3-10,15-17H,11-14,18H2,1-2H3,(H,29,32). The van der Waals surface area contributed by atoms with Gasteiger partial charge in [-0.1, -0.05) is 23.7 Å². The summed E-state index contributed by atoms with van der Waals surface area (Å²) in [6, 6.07) is 19.8. The molecule has 0 aromatic heterocycles. The number of hydrogen-bond acceptors (Lipinski definition) is 6. The van der Waals surface area contributed by atoms with E-state index in [9.17, 15) is 9.59 Å². The molecule has 1 aliphatic heterocycles. The van der Waals surface area contributed by atoms with Gasteiger partial charge in [0, 0.05) is 49.2 Å². The first kappa shape index (κ1) is 25.2. The minimum Gasteiger partial charge on any atom is -0.497 e. The van der Waals surface area contributed by atoms with E-state index < -0.39 is 0 Å². The summed E-state index contributed by atoms with van der Waals surface area (Å²) in [5.41, 5.74) is 2.24. The molecule has 1 aliphatic rings. The van der Waals surface area contributed by atoms with E-state index in [-0.39, 0.29) is 18.4 Å². The molecule has 1 saturated heterocycles. The average molecular weight is 510 g/mol. The van der Waals surface area contributed by atoms with Gasteiger partial charge in [0.1, 0.15) is 17.2 Å². The molecular formula is C27H28ClN3O5. The maximum atomic E-state index is 13.0. The van der Waals surface area contributed by atoms with E-state index in [0.29, 0.717) is 59.7 Å². The van der Waals surface area contributed by atoms with Crippen molar-refractivity contribution in [2.45, 2.75) is 0 Å². The van der Waals surface area contributed by atoms with Gasteiger partial charge in [0.05, 0.1) is 19.2 Å². The monoisotopic (exact) mass is 509 g/mol. The number of hydrogen-bond donors (Lipinski definition) is 1. The van der Waals surface area contributed by atoms with Gasteiger partial charge in [0.15, 0.2) is 6.61 Å². The molecule has 8 nitrogen and oxygen atoms in total. The summed E-state index contributed by atoms with van der Waals surface area (Å²) in [7, 11) is 3.13. The van der Waals surface area contributed by atoms with Crippen molar-refractivity contribution in [3.63, 3.8) is 0 Å². The predicted octanol–water partition coefficient (Wildman–Crippen LogP) is 4.34. The predicted molar refractivity (Wildman–Crippen MR) is 140 cm³/mol. The molecular weight excluding hydrogens is 482 g/mol. The molecule has 36 heavy (non-hydrogen) atoms. The maximum absolute atomic E-state index is 13.0. The first-order valence-electron chi connectivity index (χ1n) is 11.5. The highest BCUT2D eigenvalue weighted by Gasteiger charge is 2.23. The van der Waals surface area contributed by atoms with Gasteiger partial charge >= 0.3 is 0 Å². The van der Waals surface area contributed by atoms with E-state index in [0.717, 1.165) is 5.69 Å². The third-order valence-corrected chi connectivity index (χ3v) is 6.19. The SMILES string of the molecule is COc1cc(OC)cc(C(=O)N2CCN(c3ccc(NC(=O)COc4ccccc4Cl)cc3)CC2)c1. The number of benzene rings is 3. The van der Waals surface area contributed by atoms with Crippen LogP contribution in [0, 0.1) is 0 Å². The van der Waals surface area contributed by atoms with E-state index in [4.69, 9.17) is 25.8 Å². The minimum absolute atomic E-state index is 0.0519. The van der Waals surface area contributed by atoms with Crippen LogP contribution in [0.15, 0.2) is 66.7 Å². The third-order valence-electron chi connectivity index (χ3n) is 5.88. The van der Waals surface area contributed by atoms with Crippen molar-refractivity contribution in [3.8, 4) is 17.2 Å². The number of carbonyl (C=O) groups excluding carboxylic acids is 2. The number of piperazine rings is 1. The van der Waals surface area contributed by atoms with E-state index in [1.54, 1.807) is 56.7 Å². The van der Waals surface area contributed by atoms with Crippen LogP contribution in [-0.2, 0) is 4.79 Å². The van der Waals surface area contributed by atoms with Gasteiger partial charge in [0.25, 0.3) is 11.8 Å². The summed E-state index contributed by atoms with van der Waals surface area (Å²) in [4.78, 5) is 29.3. The molecule has 188 valence electrons. The number of halogens is 1. The summed E-state index contributed by atoms with van der Waals surface area (Å²) >= 11 is 6.05. The van der Waals surface area contributed by atoms with Crippen molar-refractivity contribution in [1.82, 2.24) is 4.90 Å². The van der Waals surface area contributed by atoms with Crippen molar-refractivity contribution in [2.24, 2.45) is 0 Å². The Kier molecular flexibility index (Phi) is 8.17. The summed E-state index contributed by atoms with van der Waals surface area (Å²) in [5.74, 6) is 1.30. The zero-order chi connectivity index (χ0) is 25.5. The molecule has 0 radical (unpaired) electrons. The van der Waals surface area contributed by atoms with E-state index in [2.05, 4.69) is 10.2 Å². The number of nitrogens with zero attached hydrogens (tertiary/aromatic N) is 2. The van der Waals surface area contributed by atoms with E-state index in [1.165, 1.54) is 0 Å². The van der Waals surface area contributed by atoms with Crippen molar-refractivity contribution < 1.29 is 23.8 Å². The Labute approximate surface area is 215 Å². The molecule has 3 aromatic rings. The second-order valence-electron chi connectivity index (χ2n) is 8.19. The largest absolute Gasteiger partial charge is 0.497 e. The van der Waals surface area contributed by atoms with E-state index >= 15 is 0 Å². The molecule has 0 saturated carbocycles. The number of amides is 2. The van der Waals surface area contributed by atoms with Gasteiger partial charge in [-0.05, 0) is 48.5 Å². The van der Waals surface area contributed by atoms with Crippen LogP contribution in [0.4, 0.5) is 11.4 Å². The van der Waals surface area contributed by atoms with E-state index in [1.807, 2.05) is 29.2 Å². The highest BCUT2D eigenvalue weighted by molar-refractivity contribution is 6.32. The molecule has 0 spiro atoms. The summed E-state index contributed by atoms with van der Waals surface area (Å²) in [5, 5.41) is 3.28. The molecule has 0 aliphatic carbocycles. The van der Waals surface area contributed by atoms with Crippen molar-refractivity contribution in [2.75, 3.05) is 57.2 Å². The number of methoxy groups -OCH3 is 2. The molecule has 1 fully saturated rings. The lowest BCUT2D eigenvalue weighted by Gasteiger charge is -2.36. The lowest BCUT2D eigenvalue weighted by Crippen LogP contribution is -2.48. The molecule has 1 heterocycles. The second-order valence-corrected chi connectivity index (χ2v) is 8.60. The van der Waals surface area contributed by atoms with Crippen LogP contribution in [0.1, 0.15) is 10.4 Å². The Morgan fingerprint density at radius 2 is 1.53 bits per heavy atom. The molecule has 3 aromatic carbocycles. The van der Waals surface area contributed by atoms with Crippen LogP contribution in [-0.4, -0.2) is 63.7 Å². The number of anilines is 2. The molecule has 9 heteroatoms. The Morgan fingerprint density at radius 1 is 0.889 bits per heavy atom. The molecule has 0 unspecified atom stereocenters. The van der Waals surface area contributed by atoms with Gasteiger partial charge in [-0.2, -0.15) is 0 Å². The van der Waals surface area contributed by atoms with Crippen LogP contribution in [0.5, 0.6) is 17.2 Å². The number of para-hydroxylation sites is 1. The molecule has 0 atom stereocenters. The molecule has 2 amide bonds. The summed E-state index contributed by atoms with van der Waals surface area (Å²) in [6.07, 6.45) is 0. The van der Waals surface area contributed by atoms with Gasteiger partial charge < -0.3 is 29.3 Å². The quantitative estimate of drug-likeness (QED) is 0.486. The van der Waals surface area contributed by atoms with Gasteiger partial charge in [0.2, 0.25) is 0 Å². The zero-order valence-electron chi connectivity index (χ0n) is 20.2. The topological polar surface area (TPSA) is 80.3 Å². The highest BCUT2D eigenvalue weighted by atomic mass is 35.5. The van der Waals surface area contributed by atoms with Crippen LogP contribution in [0.2, 0.25) is 5.02 Å². The molecule has 4 rings (SSSR count). The minimum atomic E-state index is -0.274. The normalized spacial score (nSPS) is 13.2. The average Bonchev–Trinajstić information content (AvgIpc) is 2.92. The number of ether oxygens (including phenoxy) is 3. The fraction of sp³-hybridized carbons (Fsp3) is 0.259. The zero-order valence-corrected chi connectivity index (χ0v) is 21.0. The van der Waals surface area contributed by atoms with Gasteiger partial charge in [-0.15, -0.1) is 0 Å². The van der Waals surface area contributed by atoms with Crippen LogP contribution >= 0.6 is 11.6 Å². The van der Waals surface area contributed by atoms with Crippen LogP contribution in [0.25, 0.3) is 0 Å². The Balaban J connectivity index is 1.29. The first-order chi connectivity index (χ1) is 17.5. The maximum Gasteiger partial charge on any atom is 0.262 e. The Hall–Kier alpha value is -3.91. The van der Waals surface area contributed by atoms with Crippen molar-refractivity contribution in [3.05, 3.63) is 77.3 Å². The van der Waals surface area contributed by atoms with Crippen molar-refractivity contribution in [1.29, 1.82) is 0 Å². The summed E-state index contributed by atoms with van der Waals surface area (Å²) < 4.78 is 16.0. The van der Waals surface area contributed by atoms with Gasteiger partial charge in [-0.3, -0.25) is 9.59 Å². The number of rotatable bonds is 8. The molecule has 1 N–H and O–H groups in total. The van der Waals surface area contributed by atoms with Crippen molar-refractivity contribution >= 4 is 34.8 Å². The summed E-state index contributed by atoms with van der Waals surface area (Å²) in [6.45, 7) is 2.45. The Morgan fingerprint density at radius 3 is 2.14 bits per heavy atom. The second kappa shape index (κ2) is 11.7. The lowest BCUT2D eigenvalue weighted by atomic mass is 10.1. The smallest absolute Gasteiger partial charge is 0.262 e. The fourth-order valence-corrected chi connectivity index (χ4v) is 4.13. The molecule has 0 bridgehead atoms. The number of nitrogens with one attached hydrogen (secondary N) is 1. The van der Waals surface area contributed by atoms with Crippen LogP contribution < -0.4 is 24.4 Å². The third kappa shape index (κ3) is 6.20. The fourth-order valence-electron chi connectivity index (χ4n) is 3.94. The highest BCUT2D eigenvalue weighted by Crippen LogP contribution is 2.25. The van der Waals surface area contributed by atoms with Crippen LogP contribution in [0.3, 0.4) is 0 Å². The number of carbonyl (C=O) groups is 2. The first-order valence-corrected chi connectivity index (χ1v) is 11.9. The Bertz CT molecular complexity index is 1190. The van der Waals surface area contributed by atoms with Gasteiger partial charge in [-0.25, -0.2) is 0 Å².